The Morgan fingerprint density at radius 3 is 2.27 bits per heavy atom. The third-order valence-electron chi connectivity index (χ3n) is 5.42. The topological polar surface area (TPSA) is 70.1 Å². The molecule has 3 atom stereocenters. The van der Waals surface area contributed by atoms with Gasteiger partial charge in [-0.2, -0.15) is 0 Å². The summed E-state index contributed by atoms with van der Waals surface area (Å²) in [4.78, 5) is 33.5. The average Bonchev–Trinajstić information content (AvgIpc) is 3.26. The summed E-state index contributed by atoms with van der Waals surface area (Å²) in [6, 6.07) is 20.3. The molecule has 2 amide bonds. The van der Waals surface area contributed by atoms with E-state index in [0.29, 0.717) is 16.9 Å². The smallest absolute Gasteiger partial charge is 0.266 e. The van der Waals surface area contributed by atoms with E-state index in [1.54, 1.807) is 23.3 Å². The number of rotatable bonds is 3. The summed E-state index contributed by atoms with van der Waals surface area (Å²) in [5.74, 6) is -2.15. The van der Waals surface area contributed by atoms with Gasteiger partial charge in [0.25, 0.3) is 5.91 Å². The molecule has 6 nitrogen and oxygen atoms in total. The molecule has 7 heteroatoms. The van der Waals surface area contributed by atoms with Crippen molar-refractivity contribution in [2.24, 2.45) is 5.92 Å². The molecule has 0 unspecified atom stereocenters. The zero-order valence-electron chi connectivity index (χ0n) is 15.7. The van der Waals surface area contributed by atoms with Gasteiger partial charge in [-0.15, -0.1) is 0 Å². The quantitative estimate of drug-likeness (QED) is 0.676. The van der Waals surface area contributed by atoms with Gasteiger partial charge in [-0.1, -0.05) is 30.3 Å². The molecule has 0 bridgehead atoms. The van der Waals surface area contributed by atoms with Crippen LogP contribution in [0.1, 0.15) is 11.6 Å². The number of carbonyl (C=O) groups is 2. The van der Waals surface area contributed by atoms with Gasteiger partial charge in [0, 0.05) is 0 Å². The molecule has 3 aromatic carbocycles. The Kier molecular flexibility index (Phi) is 4.25. The maximum absolute atomic E-state index is 13.4. The first-order valence-corrected chi connectivity index (χ1v) is 9.48. The second kappa shape index (κ2) is 6.96. The predicted molar refractivity (Wildman–Crippen MR) is 107 cm³/mol. The summed E-state index contributed by atoms with van der Waals surface area (Å²) in [5, 5.41) is 11.5. The van der Waals surface area contributed by atoms with E-state index in [0.717, 1.165) is 4.90 Å². The van der Waals surface area contributed by atoms with Crippen molar-refractivity contribution < 1.29 is 23.9 Å². The van der Waals surface area contributed by atoms with Gasteiger partial charge in [-0.05, 0) is 54.1 Å². The fourth-order valence-corrected chi connectivity index (χ4v) is 4.11. The highest BCUT2D eigenvalue weighted by molar-refractivity contribution is 6.23. The highest BCUT2D eigenvalue weighted by atomic mass is 19.1. The number of imide groups is 1. The third-order valence-corrected chi connectivity index (χ3v) is 5.42. The van der Waals surface area contributed by atoms with Crippen molar-refractivity contribution in [1.29, 1.82) is 0 Å². The number of anilines is 2. The number of hydrogen-bond donors (Lipinski definition) is 1. The number of phenols is 1. The lowest BCUT2D eigenvalue weighted by molar-refractivity contribution is -0.126. The maximum Gasteiger partial charge on any atom is 0.266 e. The molecule has 0 saturated carbocycles. The minimum absolute atomic E-state index is 0.0520. The number of para-hydroxylation sites is 1. The SMILES string of the molecule is O=C1[C@H]2[C@H](ON(c3ccccc3)[C@@H]2c2cccc(O)c2)C(=O)N1c1ccc(F)cc1. The number of fused-ring (bicyclic) bond motifs is 1. The fraction of sp³-hybridized carbons (Fsp3) is 0.130. The van der Waals surface area contributed by atoms with Crippen molar-refractivity contribution in [3.05, 3.63) is 90.2 Å². The monoisotopic (exact) mass is 404 g/mol. The van der Waals surface area contributed by atoms with Crippen molar-refractivity contribution in [3.63, 3.8) is 0 Å². The molecule has 2 aliphatic rings. The van der Waals surface area contributed by atoms with Gasteiger partial charge in [0.05, 0.1) is 17.4 Å². The lowest BCUT2D eigenvalue weighted by Gasteiger charge is -2.28. The molecule has 30 heavy (non-hydrogen) atoms. The second-order valence-electron chi connectivity index (χ2n) is 7.24. The number of hydrogen-bond acceptors (Lipinski definition) is 5. The largest absolute Gasteiger partial charge is 0.508 e. The number of aromatic hydroxyl groups is 1. The van der Waals surface area contributed by atoms with Crippen LogP contribution in [0.4, 0.5) is 15.8 Å². The summed E-state index contributed by atoms with van der Waals surface area (Å²) >= 11 is 0. The highest BCUT2D eigenvalue weighted by Crippen LogP contribution is 2.47. The van der Waals surface area contributed by atoms with E-state index in [4.69, 9.17) is 4.84 Å². The van der Waals surface area contributed by atoms with Crippen molar-refractivity contribution in [3.8, 4) is 5.75 Å². The van der Waals surface area contributed by atoms with E-state index >= 15 is 0 Å². The van der Waals surface area contributed by atoms with Crippen LogP contribution in [0, 0.1) is 11.7 Å². The van der Waals surface area contributed by atoms with E-state index < -0.39 is 35.7 Å². The number of carbonyl (C=O) groups excluding carboxylic acids is 2. The predicted octanol–water partition coefficient (Wildman–Crippen LogP) is 3.58. The first-order chi connectivity index (χ1) is 14.5. The molecule has 2 aliphatic heterocycles. The molecule has 2 heterocycles. The van der Waals surface area contributed by atoms with E-state index in [1.807, 2.05) is 30.3 Å². The first kappa shape index (κ1) is 18.3. The second-order valence-corrected chi connectivity index (χ2v) is 7.24. The lowest BCUT2D eigenvalue weighted by Crippen LogP contribution is -2.37. The minimum Gasteiger partial charge on any atom is -0.508 e. The highest BCUT2D eigenvalue weighted by Gasteiger charge is 2.60. The van der Waals surface area contributed by atoms with Crippen LogP contribution in [-0.4, -0.2) is 23.0 Å². The molecule has 5 rings (SSSR count). The Labute approximate surface area is 171 Å². The normalized spacial score (nSPS) is 23.2. The number of benzene rings is 3. The summed E-state index contributed by atoms with van der Waals surface area (Å²) in [6.45, 7) is 0. The van der Waals surface area contributed by atoms with Crippen molar-refractivity contribution in [2.75, 3.05) is 9.96 Å². The number of halogens is 1. The van der Waals surface area contributed by atoms with Gasteiger partial charge in [0.1, 0.15) is 17.5 Å². The molecule has 0 spiro atoms. The van der Waals surface area contributed by atoms with Crippen molar-refractivity contribution in [2.45, 2.75) is 12.1 Å². The number of nitrogens with zero attached hydrogens (tertiary/aromatic N) is 2. The number of phenolic OH excluding ortho intramolecular Hbond substituents is 1. The van der Waals surface area contributed by atoms with Crippen LogP contribution in [-0.2, 0) is 14.4 Å². The van der Waals surface area contributed by atoms with Crippen LogP contribution in [0.5, 0.6) is 5.75 Å². The Balaban J connectivity index is 1.59. The zero-order valence-corrected chi connectivity index (χ0v) is 15.7. The van der Waals surface area contributed by atoms with Gasteiger partial charge < -0.3 is 5.11 Å². The molecule has 3 aromatic rings. The minimum atomic E-state index is -1.02. The molecular weight excluding hydrogens is 387 g/mol. The van der Waals surface area contributed by atoms with E-state index in [-0.39, 0.29) is 5.75 Å². The van der Waals surface area contributed by atoms with Crippen LogP contribution in [0.2, 0.25) is 0 Å². The molecular formula is C23H17FN2O4. The van der Waals surface area contributed by atoms with Gasteiger partial charge in [0.2, 0.25) is 5.91 Å². The summed E-state index contributed by atoms with van der Waals surface area (Å²) in [5.41, 5.74) is 1.63. The van der Waals surface area contributed by atoms with E-state index in [1.165, 1.54) is 30.3 Å². The average molecular weight is 404 g/mol. The van der Waals surface area contributed by atoms with Crippen LogP contribution in [0.15, 0.2) is 78.9 Å². The van der Waals surface area contributed by atoms with Crippen LogP contribution < -0.4 is 9.96 Å². The Hall–Kier alpha value is -3.71. The molecule has 2 saturated heterocycles. The standard InChI is InChI=1S/C23H17FN2O4/c24-15-9-11-16(12-10-15)25-22(28)19-20(14-5-4-8-18(27)13-14)26(30-21(19)23(25)29)17-6-2-1-3-7-17/h1-13,19-21,27H/t19-,20-,21+/m1/s1. The van der Waals surface area contributed by atoms with Crippen LogP contribution >= 0.6 is 0 Å². The lowest BCUT2D eigenvalue weighted by atomic mass is 9.90. The fourth-order valence-electron chi connectivity index (χ4n) is 4.11. The third kappa shape index (κ3) is 2.83. The van der Waals surface area contributed by atoms with E-state index in [2.05, 4.69) is 0 Å². The molecule has 2 fully saturated rings. The van der Waals surface area contributed by atoms with Crippen LogP contribution in [0.25, 0.3) is 0 Å². The molecule has 1 N–H and O–H groups in total. The van der Waals surface area contributed by atoms with Gasteiger partial charge in [0.15, 0.2) is 6.10 Å². The summed E-state index contributed by atoms with van der Waals surface area (Å²) < 4.78 is 13.3. The summed E-state index contributed by atoms with van der Waals surface area (Å²) in [6.07, 6.45) is -1.02. The first-order valence-electron chi connectivity index (χ1n) is 9.48. The van der Waals surface area contributed by atoms with Crippen molar-refractivity contribution >= 4 is 23.2 Å². The maximum atomic E-state index is 13.4. The van der Waals surface area contributed by atoms with E-state index in [9.17, 15) is 19.1 Å². The summed E-state index contributed by atoms with van der Waals surface area (Å²) in [7, 11) is 0. The Morgan fingerprint density at radius 2 is 1.57 bits per heavy atom. The Bertz CT molecular complexity index is 1120. The molecule has 0 aromatic heterocycles. The van der Waals surface area contributed by atoms with Gasteiger partial charge in [-0.25, -0.2) is 14.4 Å². The molecule has 0 aliphatic carbocycles. The van der Waals surface area contributed by atoms with Gasteiger partial charge >= 0.3 is 0 Å². The number of amides is 2. The zero-order chi connectivity index (χ0) is 20.8. The van der Waals surface area contributed by atoms with Crippen LogP contribution in [0.3, 0.4) is 0 Å². The van der Waals surface area contributed by atoms with Gasteiger partial charge in [-0.3, -0.25) is 14.4 Å². The number of hydroxylamine groups is 1. The Morgan fingerprint density at radius 1 is 0.833 bits per heavy atom. The molecule has 0 radical (unpaired) electrons. The van der Waals surface area contributed by atoms with Crippen molar-refractivity contribution in [1.82, 2.24) is 0 Å². The molecule has 150 valence electrons.